The summed E-state index contributed by atoms with van der Waals surface area (Å²) in [6.07, 6.45) is 1.98. The lowest BCUT2D eigenvalue weighted by molar-refractivity contribution is 0.0900. The summed E-state index contributed by atoms with van der Waals surface area (Å²) in [4.78, 5) is 14.6. The van der Waals surface area contributed by atoms with Crippen LogP contribution in [-0.4, -0.2) is 41.1 Å². The van der Waals surface area contributed by atoms with Gasteiger partial charge < -0.3 is 15.3 Å². The highest BCUT2D eigenvalue weighted by atomic mass is 16.3. The summed E-state index contributed by atoms with van der Waals surface area (Å²) in [5, 5.41) is 12.7. The zero-order valence-electron chi connectivity index (χ0n) is 12.5. The number of hydrogen-bond acceptors (Lipinski definition) is 3. The lowest BCUT2D eigenvalue weighted by Gasteiger charge is -2.34. The van der Waals surface area contributed by atoms with Crippen molar-refractivity contribution in [3.8, 4) is 5.75 Å². The molecule has 1 fully saturated rings. The van der Waals surface area contributed by atoms with Gasteiger partial charge in [-0.1, -0.05) is 6.07 Å². The highest BCUT2D eigenvalue weighted by Crippen LogP contribution is 2.18. The van der Waals surface area contributed by atoms with Gasteiger partial charge in [-0.15, -0.1) is 0 Å². The van der Waals surface area contributed by atoms with Crippen molar-refractivity contribution in [2.45, 2.75) is 45.7 Å². The second-order valence-corrected chi connectivity index (χ2v) is 5.88. The highest BCUT2D eigenvalue weighted by Gasteiger charge is 2.22. The van der Waals surface area contributed by atoms with E-state index >= 15 is 0 Å². The lowest BCUT2D eigenvalue weighted by atomic mass is 10.0. The summed E-state index contributed by atoms with van der Waals surface area (Å²) < 4.78 is 0. The first-order valence-electron chi connectivity index (χ1n) is 7.32. The number of rotatable bonds is 3. The summed E-state index contributed by atoms with van der Waals surface area (Å²) >= 11 is 0. The van der Waals surface area contributed by atoms with E-state index in [0.717, 1.165) is 31.5 Å². The Balaban J connectivity index is 1.91. The highest BCUT2D eigenvalue weighted by molar-refractivity contribution is 5.94. The molecule has 4 nitrogen and oxygen atoms in total. The standard InChI is InChI=1S/C16H24N2O2/c1-11(2)18-8-6-14(7-9-18)17-16(20)13-5-4-12(3)15(19)10-13/h4-5,10-11,14,19H,6-9H2,1-3H3,(H,17,20). The Morgan fingerprint density at radius 1 is 1.35 bits per heavy atom. The van der Waals surface area contributed by atoms with E-state index in [1.807, 2.05) is 6.92 Å². The summed E-state index contributed by atoms with van der Waals surface area (Å²) in [6, 6.07) is 5.87. The molecule has 4 heteroatoms. The second kappa shape index (κ2) is 6.27. The van der Waals surface area contributed by atoms with E-state index in [1.165, 1.54) is 6.07 Å². The van der Waals surface area contributed by atoms with Gasteiger partial charge in [-0.3, -0.25) is 4.79 Å². The predicted molar refractivity (Wildman–Crippen MR) is 80.0 cm³/mol. The van der Waals surface area contributed by atoms with Gasteiger partial charge in [0.05, 0.1) is 0 Å². The maximum atomic E-state index is 12.2. The zero-order chi connectivity index (χ0) is 14.7. The monoisotopic (exact) mass is 276 g/mol. The number of carbonyl (C=O) groups is 1. The number of phenolic OH excluding ortho intramolecular Hbond substituents is 1. The second-order valence-electron chi connectivity index (χ2n) is 5.88. The fraction of sp³-hybridized carbons (Fsp3) is 0.562. The minimum atomic E-state index is -0.0942. The molecule has 0 saturated carbocycles. The van der Waals surface area contributed by atoms with Crippen LogP contribution in [0.3, 0.4) is 0 Å². The van der Waals surface area contributed by atoms with Crippen molar-refractivity contribution < 1.29 is 9.90 Å². The van der Waals surface area contributed by atoms with Crippen molar-refractivity contribution in [1.82, 2.24) is 10.2 Å². The maximum Gasteiger partial charge on any atom is 0.251 e. The first kappa shape index (κ1) is 14.9. The zero-order valence-corrected chi connectivity index (χ0v) is 12.5. The summed E-state index contributed by atoms with van der Waals surface area (Å²) in [5.74, 6) is 0.0792. The smallest absolute Gasteiger partial charge is 0.251 e. The Bertz CT molecular complexity index is 477. The van der Waals surface area contributed by atoms with Crippen molar-refractivity contribution in [2.75, 3.05) is 13.1 Å². The van der Waals surface area contributed by atoms with Crippen LogP contribution in [0, 0.1) is 6.92 Å². The predicted octanol–water partition coefficient (Wildman–Crippen LogP) is 2.30. The Labute approximate surface area is 120 Å². The molecule has 1 aliphatic rings. The topological polar surface area (TPSA) is 52.6 Å². The summed E-state index contributed by atoms with van der Waals surface area (Å²) in [6.45, 7) is 8.28. The molecule has 110 valence electrons. The van der Waals surface area contributed by atoms with Crippen LogP contribution >= 0.6 is 0 Å². The van der Waals surface area contributed by atoms with Crippen LogP contribution in [0.25, 0.3) is 0 Å². The molecule has 0 unspecified atom stereocenters. The van der Waals surface area contributed by atoms with E-state index in [2.05, 4.69) is 24.1 Å². The first-order chi connectivity index (χ1) is 9.47. The molecule has 0 aliphatic carbocycles. The van der Waals surface area contributed by atoms with E-state index in [4.69, 9.17) is 0 Å². The van der Waals surface area contributed by atoms with Crippen molar-refractivity contribution in [1.29, 1.82) is 0 Å². The third-order valence-electron chi connectivity index (χ3n) is 4.07. The average Bonchev–Trinajstić information content (AvgIpc) is 2.42. The van der Waals surface area contributed by atoms with Gasteiger partial charge in [0.15, 0.2) is 0 Å². The molecule has 20 heavy (non-hydrogen) atoms. The van der Waals surface area contributed by atoms with Crippen LogP contribution in [0.4, 0.5) is 0 Å². The number of carbonyl (C=O) groups excluding carboxylic acids is 1. The van der Waals surface area contributed by atoms with E-state index in [-0.39, 0.29) is 17.7 Å². The van der Waals surface area contributed by atoms with Gasteiger partial charge in [0, 0.05) is 30.7 Å². The number of aromatic hydroxyl groups is 1. The van der Waals surface area contributed by atoms with Crippen LogP contribution in [-0.2, 0) is 0 Å². The molecule has 2 rings (SSSR count). The molecule has 1 aromatic carbocycles. The van der Waals surface area contributed by atoms with Gasteiger partial charge in [0.2, 0.25) is 0 Å². The van der Waals surface area contributed by atoms with Gasteiger partial charge >= 0.3 is 0 Å². The third-order valence-corrected chi connectivity index (χ3v) is 4.07. The van der Waals surface area contributed by atoms with Crippen molar-refractivity contribution >= 4 is 5.91 Å². The normalized spacial score (nSPS) is 17.4. The number of amides is 1. The number of hydrogen-bond donors (Lipinski definition) is 2. The summed E-state index contributed by atoms with van der Waals surface area (Å²) in [7, 11) is 0. The van der Waals surface area contributed by atoms with E-state index in [0.29, 0.717) is 11.6 Å². The fourth-order valence-corrected chi connectivity index (χ4v) is 2.58. The van der Waals surface area contributed by atoms with E-state index in [1.54, 1.807) is 12.1 Å². The molecular weight excluding hydrogens is 252 g/mol. The third kappa shape index (κ3) is 3.51. The average molecular weight is 276 g/mol. The molecular formula is C16H24N2O2. The molecule has 1 aliphatic heterocycles. The minimum Gasteiger partial charge on any atom is -0.508 e. The SMILES string of the molecule is Cc1ccc(C(=O)NC2CCN(C(C)C)CC2)cc1O. The van der Waals surface area contributed by atoms with E-state index in [9.17, 15) is 9.90 Å². The quantitative estimate of drug-likeness (QED) is 0.890. The number of nitrogens with one attached hydrogen (secondary N) is 1. The molecule has 0 atom stereocenters. The number of piperidine rings is 1. The molecule has 1 amide bonds. The number of nitrogens with zero attached hydrogens (tertiary/aromatic N) is 1. The minimum absolute atomic E-state index is 0.0942. The number of likely N-dealkylation sites (tertiary alicyclic amines) is 1. The summed E-state index contributed by atoms with van der Waals surface area (Å²) in [5.41, 5.74) is 1.31. The van der Waals surface area contributed by atoms with Crippen LogP contribution in [0.15, 0.2) is 18.2 Å². The van der Waals surface area contributed by atoms with Gasteiger partial charge in [-0.2, -0.15) is 0 Å². The maximum absolute atomic E-state index is 12.2. The molecule has 0 spiro atoms. The molecule has 1 saturated heterocycles. The van der Waals surface area contributed by atoms with Gasteiger partial charge in [-0.05, 0) is 51.3 Å². The van der Waals surface area contributed by atoms with Crippen molar-refractivity contribution in [3.05, 3.63) is 29.3 Å². The lowest BCUT2D eigenvalue weighted by Crippen LogP contribution is -2.46. The van der Waals surface area contributed by atoms with Crippen molar-refractivity contribution in [3.63, 3.8) is 0 Å². The van der Waals surface area contributed by atoms with Crippen LogP contribution < -0.4 is 5.32 Å². The van der Waals surface area contributed by atoms with Gasteiger partial charge in [0.25, 0.3) is 5.91 Å². The molecule has 0 radical (unpaired) electrons. The number of benzene rings is 1. The Hall–Kier alpha value is -1.55. The molecule has 1 heterocycles. The van der Waals surface area contributed by atoms with Gasteiger partial charge in [-0.25, -0.2) is 0 Å². The molecule has 0 aromatic heterocycles. The van der Waals surface area contributed by atoms with E-state index < -0.39 is 0 Å². The largest absolute Gasteiger partial charge is 0.508 e. The Morgan fingerprint density at radius 3 is 2.55 bits per heavy atom. The van der Waals surface area contributed by atoms with Gasteiger partial charge in [0.1, 0.15) is 5.75 Å². The Morgan fingerprint density at radius 2 is 2.00 bits per heavy atom. The Kier molecular flexibility index (Phi) is 4.65. The first-order valence-corrected chi connectivity index (χ1v) is 7.32. The van der Waals surface area contributed by atoms with Crippen molar-refractivity contribution in [2.24, 2.45) is 0 Å². The fourth-order valence-electron chi connectivity index (χ4n) is 2.58. The van der Waals surface area contributed by atoms with Crippen LogP contribution in [0.1, 0.15) is 42.6 Å². The van der Waals surface area contributed by atoms with Crippen LogP contribution in [0.2, 0.25) is 0 Å². The van der Waals surface area contributed by atoms with Crippen LogP contribution in [0.5, 0.6) is 5.75 Å². The molecule has 1 aromatic rings. The number of aryl methyl sites for hydroxylation is 1. The molecule has 0 bridgehead atoms. The molecule has 2 N–H and O–H groups in total. The number of phenols is 1.